The van der Waals surface area contributed by atoms with Crippen molar-refractivity contribution in [1.29, 1.82) is 0 Å². The van der Waals surface area contributed by atoms with Crippen molar-refractivity contribution >= 4 is 17.8 Å². The second kappa shape index (κ2) is 10.7. The van der Waals surface area contributed by atoms with Gasteiger partial charge in [-0.1, -0.05) is 42.5 Å². The molecule has 0 spiro atoms. The predicted octanol–water partition coefficient (Wildman–Crippen LogP) is 2.76. The Labute approximate surface area is 181 Å². The van der Waals surface area contributed by atoms with E-state index in [0.29, 0.717) is 32.4 Å². The minimum atomic E-state index is -1.05. The highest BCUT2D eigenvalue weighted by Crippen LogP contribution is 2.20. The SMILES string of the molecule is O=C(O)CN(CCc1ccccc1)C(=O)C1CCCN(C(=O)Cc2ccc(F)cc2)C1. The molecule has 1 aliphatic heterocycles. The maximum absolute atomic E-state index is 13.1. The van der Waals surface area contributed by atoms with Crippen LogP contribution in [0.25, 0.3) is 0 Å². The van der Waals surface area contributed by atoms with Gasteiger partial charge in [0.2, 0.25) is 11.8 Å². The average molecular weight is 426 g/mol. The third-order valence-electron chi connectivity index (χ3n) is 5.54. The molecule has 2 aromatic rings. The normalized spacial score (nSPS) is 16.0. The number of piperidine rings is 1. The van der Waals surface area contributed by atoms with Crippen LogP contribution in [0, 0.1) is 11.7 Å². The highest BCUT2D eigenvalue weighted by molar-refractivity contribution is 5.85. The smallest absolute Gasteiger partial charge is 0.323 e. The number of carboxylic acid groups (broad SMARTS) is 1. The highest BCUT2D eigenvalue weighted by Gasteiger charge is 2.31. The first kappa shape index (κ1) is 22.5. The summed E-state index contributed by atoms with van der Waals surface area (Å²) in [5, 5.41) is 9.27. The van der Waals surface area contributed by atoms with Crippen LogP contribution < -0.4 is 0 Å². The van der Waals surface area contributed by atoms with E-state index in [0.717, 1.165) is 11.1 Å². The molecular weight excluding hydrogens is 399 g/mol. The van der Waals surface area contributed by atoms with Gasteiger partial charge < -0.3 is 14.9 Å². The number of amides is 2. The van der Waals surface area contributed by atoms with E-state index in [2.05, 4.69) is 0 Å². The van der Waals surface area contributed by atoms with Gasteiger partial charge in [0.25, 0.3) is 0 Å². The molecule has 1 saturated heterocycles. The van der Waals surface area contributed by atoms with Crippen molar-refractivity contribution in [2.75, 3.05) is 26.2 Å². The van der Waals surface area contributed by atoms with Crippen LogP contribution in [-0.4, -0.2) is 58.9 Å². The first-order chi connectivity index (χ1) is 14.9. The van der Waals surface area contributed by atoms with Gasteiger partial charge in [0.05, 0.1) is 12.3 Å². The molecule has 6 nitrogen and oxygen atoms in total. The van der Waals surface area contributed by atoms with E-state index < -0.39 is 11.9 Å². The number of carbonyl (C=O) groups is 3. The van der Waals surface area contributed by atoms with Gasteiger partial charge in [-0.05, 0) is 42.5 Å². The van der Waals surface area contributed by atoms with E-state index in [4.69, 9.17) is 0 Å². The van der Waals surface area contributed by atoms with Crippen molar-refractivity contribution < 1.29 is 23.9 Å². The molecule has 1 N–H and O–H groups in total. The van der Waals surface area contributed by atoms with Crippen molar-refractivity contribution in [2.24, 2.45) is 5.92 Å². The van der Waals surface area contributed by atoms with Gasteiger partial charge in [-0.25, -0.2) is 4.39 Å². The van der Waals surface area contributed by atoms with Crippen molar-refractivity contribution in [3.05, 3.63) is 71.5 Å². The van der Waals surface area contributed by atoms with Gasteiger partial charge in [0.1, 0.15) is 12.4 Å². The lowest BCUT2D eigenvalue weighted by Crippen LogP contribution is -2.48. The summed E-state index contributed by atoms with van der Waals surface area (Å²) < 4.78 is 13.1. The molecule has 7 heteroatoms. The van der Waals surface area contributed by atoms with Gasteiger partial charge in [0, 0.05) is 19.6 Å². The largest absolute Gasteiger partial charge is 0.480 e. The van der Waals surface area contributed by atoms with Gasteiger partial charge in [0.15, 0.2) is 0 Å². The molecule has 164 valence electrons. The zero-order valence-corrected chi connectivity index (χ0v) is 17.4. The molecule has 3 rings (SSSR count). The average Bonchev–Trinajstić information content (AvgIpc) is 2.78. The lowest BCUT2D eigenvalue weighted by molar-refractivity contribution is -0.148. The van der Waals surface area contributed by atoms with E-state index in [9.17, 15) is 23.9 Å². The second-order valence-corrected chi connectivity index (χ2v) is 7.87. The van der Waals surface area contributed by atoms with E-state index in [-0.39, 0.29) is 37.1 Å². The molecule has 2 aromatic carbocycles. The van der Waals surface area contributed by atoms with Crippen molar-refractivity contribution in [3.8, 4) is 0 Å². The van der Waals surface area contributed by atoms with Gasteiger partial charge in [-0.2, -0.15) is 0 Å². The fourth-order valence-electron chi connectivity index (χ4n) is 3.89. The molecule has 1 aliphatic rings. The molecule has 0 aliphatic carbocycles. The number of hydrogen-bond donors (Lipinski definition) is 1. The lowest BCUT2D eigenvalue weighted by atomic mass is 9.95. The fraction of sp³-hybridized carbons (Fsp3) is 0.375. The van der Waals surface area contributed by atoms with E-state index >= 15 is 0 Å². The Morgan fingerprint density at radius 3 is 2.42 bits per heavy atom. The van der Waals surface area contributed by atoms with Crippen LogP contribution in [0.15, 0.2) is 54.6 Å². The molecular formula is C24H27FN2O4. The summed E-state index contributed by atoms with van der Waals surface area (Å²) in [5.74, 6) is -2.16. The Balaban J connectivity index is 1.61. The number of nitrogens with zero attached hydrogens (tertiary/aromatic N) is 2. The van der Waals surface area contributed by atoms with Crippen molar-refractivity contribution in [3.63, 3.8) is 0 Å². The van der Waals surface area contributed by atoms with Gasteiger partial charge in [-0.15, -0.1) is 0 Å². The van der Waals surface area contributed by atoms with E-state index in [1.807, 2.05) is 30.3 Å². The van der Waals surface area contributed by atoms with Gasteiger partial charge in [-0.3, -0.25) is 14.4 Å². The first-order valence-electron chi connectivity index (χ1n) is 10.5. The summed E-state index contributed by atoms with van der Waals surface area (Å²) in [5.41, 5.74) is 1.75. The summed E-state index contributed by atoms with van der Waals surface area (Å²) in [6.07, 6.45) is 2.03. The predicted molar refractivity (Wildman–Crippen MR) is 114 cm³/mol. The highest BCUT2D eigenvalue weighted by atomic mass is 19.1. The van der Waals surface area contributed by atoms with Crippen molar-refractivity contribution in [1.82, 2.24) is 9.80 Å². The van der Waals surface area contributed by atoms with Crippen LogP contribution in [0.1, 0.15) is 24.0 Å². The lowest BCUT2D eigenvalue weighted by Gasteiger charge is -2.34. The van der Waals surface area contributed by atoms with Crippen LogP contribution in [0.3, 0.4) is 0 Å². The Bertz CT molecular complexity index is 902. The Kier molecular flexibility index (Phi) is 7.76. The van der Waals surface area contributed by atoms with Crippen LogP contribution in [0.4, 0.5) is 4.39 Å². The number of likely N-dealkylation sites (tertiary alicyclic amines) is 1. The van der Waals surface area contributed by atoms with Crippen LogP contribution in [-0.2, 0) is 27.2 Å². The van der Waals surface area contributed by atoms with Crippen LogP contribution in [0.2, 0.25) is 0 Å². The summed E-state index contributed by atoms with van der Waals surface area (Å²) in [6, 6.07) is 15.4. The molecule has 0 saturated carbocycles. The summed E-state index contributed by atoms with van der Waals surface area (Å²) in [6.45, 7) is 0.800. The number of hydrogen-bond acceptors (Lipinski definition) is 3. The minimum absolute atomic E-state index is 0.113. The van der Waals surface area contributed by atoms with Gasteiger partial charge >= 0.3 is 5.97 Å². The summed E-state index contributed by atoms with van der Waals surface area (Å²) >= 11 is 0. The fourth-order valence-corrected chi connectivity index (χ4v) is 3.89. The maximum atomic E-state index is 13.1. The van der Waals surface area contributed by atoms with Crippen LogP contribution >= 0.6 is 0 Å². The standard InChI is InChI=1S/C24H27FN2O4/c25-21-10-8-19(9-11-21)15-22(28)26-13-4-7-20(16-26)24(31)27(17-23(29)30)14-12-18-5-2-1-3-6-18/h1-3,5-6,8-11,20H,4,7,12-17H2,(H,29,30). The zero-order chi connectivity index (χ0) is 22.2. The second-order valence-electron chi connectivity index (χ2n) is 7.87. The first-order valence-corrected chi connectivity index (χ1v) is 10.5. The summed E-state index contributed by atoms with van der Waals surface area (Å²) in [7, 11) is 0. The van der Waals surface area contributed by atoms with Crippen molar-refractivity contribution in [2.45, 2.75) is 25.7 Å². The number of carboxylic acids is 1. The minimum Gasteiger partial charge on any atom is -0.480 e. The number of halogens is 1. The zero-order valence-electron chi connectivity index (χ0n) is 17.4. The summed E-state index contributed by atoms with van der Waals surface area (Å²) in [4.78, 5) is 40.2. The Hall–Kier alpha value is -3.22. The number of benzene rings is 2. The molecule has 31 heavy (non-hydrogen) atoms. The quantitative estimate of drug-likeness (QED) is 0.704. The number of aliphatic carboxylic acids is 1. The molecule has 2 amide bonds. The molecule has 0 aromatic heterocycles. The maximum Gasteiger partial charge on any atom is 0.323 e. The molecule has 1 atom stereocenters. The molecule has 0 radical (unpaired) electrons. The monoisotopic (exact) mass is 426 g/mol. The molecule has 0 bridgehead atoms. The third-order valence-corrected chi connectivity index (χ3v) is 5.54. The third kappa shape index (κ3) is 6.64. The molecule has 1 heterocycles. The Morgan fingerprint density at radius 1 is 1.03 bits per heavy atom. The molecule has 1 unspecified atom stereocenters. The van der Waals surface area contributed by atoms with E-state index in [1.54, 1.807) is 17.0 Å². The molecule has 1 fully saturated rings. The number of rotatable bonds is 8. The van der Waals surface area contributed by atoms with Crippen LogP contribution in [0.5, 0.6) is 0 Å². The topological polar surface area (TPSA) is 77.9 Å². The Morgan fingerprint density at radius 2 is 1.74 bits per heavy atom. The number of carbonyl (C=O) groups excluding carboxylic acids is 2. The van der Waals surface area contributed by atoms with E-state index in [1.165, 1.54) is 17.0 Å².